The summed E-state index contributed by atoms with van der Waals surface area (Å²) in [6, 6.07) is 15.4. The lowest BCUT2D eigenvalue weighted by atomic mass is 10.2. The molecule has 0 radical (unpaired) electrons. The number of hydrogen-bond acceptors (Lipinski definition) is 4. The number of likely N-dealkylation sites (N-methyl/N-ethyl adjacent to an activating group) is 1. The van der Waals surface area contributed by atoms with Crippen molar-refractivity contribution in [2.24, 2.45) is 0 Å². The fraction of sp³-hybridized carbons (Fsp3) is 0.250. The molecule has 0 saturated heterocycles. The van der Waals surface area contributed by atoms with Gasteiger partial charge in [-0.05, 0) is 43.9 Å². The van der Waals surface area contributed by atoms with Crippen LogP contribution in [-0.4, -0.2) is 57.7 Å². The van der Waals surface area contributed by atoms with E-state index in [1.165, 1.54) is 0 Å². The largest absolute Gasteiger partial charge is 0.332 e. The molecule has 0 fully saturated rings. The first-order chi connectivity index (χ1) is 12.6. The molecular weight excluding hydrogens is 326 g/mol. The third-order valence-corrected chi connectivity index (χ3v) is 4.03. The van der Waals surface area contributed by atoms with Crippen LogP contribution in [0.5, 0.6) is 0 Å². The maximum Gasteiger partial charge on any atom is 0.274 e. The Hall–Kier alpha value is -2.99. The summed E-state index contributed by atoms with van der Waals surface area (Å²) in [6.07, 6.45) is 5.34. The maximum atomic E-state index is 13.0. The SMILES string of the molecule is CN(C)CCN(Cc1cccnc1)C(=O)c1ccn(-c2ccccc2)n1. The van der Waals surface area contributed by atoms with Crippen LogP contribution in [0, 0.1) is 0 Å². The van der Waals surface area contributed by atoms with Crippen molar-refractivity contribution >= 4 is 5.91 Å². The van der Waals surface area contributed by atoms with Crippen LogP contribution < -0.4 is 0 Å². The third-order valence-electron chi connectivity index (χ3n) is 4.03. The molecule has 2 heterocycles. The first-order valence-corrected chi connectivity index (χ1v) is 8.57. The monoisotopic (exact) mass is 349 g/mol. The van der Waals surface area contributed by atoms with Gasteiger partial charge in [0.05, 0.1) is 5.69 Å². The number of hydrogen-bond donors (Lipinski definition) is 0. The second-order valence-electron chi connectivity index (χ2n) is 6.37. The minimum Gasteiger partial charge on any atom is -0.332 e. The van der Waals surface area contributed by atoms with Crippen molar-refractivity contribution < 1.29 is 4.79 Å². The van der Waals surface area contributed by atoms with E-state index in [1.54, 1.807) is 23.1 Å². The number of nitrogens with zero attached hydrogens (tertiary/aromatic N) is 5. The molecule has 0 atom stereocenters. The Kier molecular flexibility index (Phi) is 5.76. The minimum atomic E-state index is -0.0783. The standard InChI is InChI=1S/C20H23N5O/c1-23(2)13-14-24(16-17-7-6-11-21-15-17)20(26)19-10-12-25(22-19)18-8-4-3-5-9-18/h3-12,15H,13-14,16H2,1-2H3. The smallest absolute Gasteiger partial charge is 0.274 e. The van der Waals surface area contributed by atoms with E-state index in [-0.39, 0.29) is 5.91 Å². The van der Waals surface area contributed by atoms with Gasteiger partial charge in [-0.1, -0.05) is 24.3 Å². The normalized spacial score (nSPS) is 10.9. The van der Waals surface area contributed by atoms with E-state index in [2.05, 4.69) is 15.0 Å². The average molecular weight is 349 g/mol. The summed E-state index contributed by atoms with van der Waals surface area (Å²) in [5.41, 5.74) is 2.37. The number of carbonyl (C=O) groups is 1. The lowest BCUT2D eigenvalue weighted by Gasteiger charge is -2.23. The molecule has 0 N–H and O–H groups in total. The molecule has 1 aromatic carbocycles. The van der Waals surface area contributed by atoms with Crippen molar-refractivity contribution in [1.29, 1.82) is 0 Å². The predicted molar refractivity (Wildman–Crippen MR) is 101 cm³/mol. The summed E-state index contributed by atoms with van der Waals surface area (Å²) in [4.78, 5) is 21.0. The summed E-state index contributed by atoms with van der Waals surface area (Å²) >= 11 is 0. The lowest BCUT2D eigenvalue weighted by Crippen LogP contribution is -2.36. The molecule has 6 heteroatoms. The Labute approximate surface area is 153 Å². The maximum absolute atomic E-state index is 13.0. The van der Waals surface area contributed by atoms with Gasteiger partial charge in [0.1, 0.15) is 0 Å². The van der Waals surface area contributed by atoms with Gasteiger partial charge in [0.2, 0.25) is 0 Å². The number of rotatable bonds is 7. The Morgan fingerprint density at radius 1 is 1.04 bits per heavy atom. The number of benzene rings is 1. The second-order valence-corrected chi connectivity index (χ2v) is 6.37. The van der Waals surface area contributed by atoms with Gasteiger partial charge in [0, 0.05) is 38.2 Å². The quantitative estimate of drug-likeness (QED) is 0.658. The van der Waals surface area contributed by atoms with Crippen LogP contribution in [0.4, 0.5) is 0 Å². The molecule has 134 valence electrons. The van der Waals surface area contributed by atoms with Gasteiger partial charge >= 0.3 is 0 Å². The van der Waals surface area contributed by atoms with Crippen LogP contribution in [0.3, 0.4) is 0 Å². The van der Waals surface area contributed by atoms with E-state index in [9.17, 15) is 4.79 Å². The van der Waals surface area contributed by atoms with Gasteiger partial charge < -0.3 is 9.80 Å². The minimum absolute atomic E-state index is 0.0783. The van der Waals surface area contributed by atoms with Crippen molar-refractivity contribution in [1.82, 2.24) is 24.6 Å². The Bertz CT molecular complexity index is 830. The molecule has 0 saturated carbocycles. The van der Waals surface area contributed by atoms with E-state index in [1.807, 2.05) is 67.7 Å². The first kappa shape index (κ1) is 17.8. The summed E-state index contributed by atoms with van der Waals surface area (Å²) in [6.45, 7) is 1.92. The molecule has 0 aliphatic heterocycles. The van der Waals surface area contributed by atoms with Crippen LogP contribution in [0.1, 0.15) is 16.1 Å². The molecule has 26 heavy (non-hydrogen) atoms. The van der Waals surface area contributed by atoms with Crippen molar-refractivity contribution in [3.8, 4) is 5.69 Å². The number of para-hydroxylation sites is 1. The molecule has 6 nitrogen and oxygen atoms in total. The van der Waals surface area contributed by atoms with Crippen LogP contribution >= 0.6 is 0 Å². The molecule has 3 aromatic rings. The summed E-state index contributed by atoms with van der Waals surface area (Å²) in [7, 11) is 3.99. The summed E-state index contributed by atoms with van der Waals surface area (Å²) in [5, 5.41) is 4.47. The van der Waals surface area contributed by atoms with E-state index < -0.39 is 0 Å². The number of amides is 1. The van der Waals surface area contributed by atoms with Crippen molar-refractivity contribution in [2.45, 2.75) is 6.54 Å². The van der Waals surface area contributed by atoms with Crippen LogP contribution in [-0.2, 0) is 6.54 Å². The molecule has 3 rings (SSSR count). The van der Waals surface area contributed by atoms with Crippen LogP contribution in [0.2, 0.25) is 0 Å². The molecule has 2 aromatic heterocycles. The number of aromatic nitrogens is 3. The highest BCUT2D eigenvalue weighted by Crippen LogP contribution is 2.11. The average Bonchev–Trinajstić information content (AvgIpc) is 3.16. The number of carbonyl (C=O) groups excluding carboxylic acids is 1. The third kappa shape index (κ3) is 4.55. The molecule has 0 bridgehead atoms. The zero-order valence-electron chi connectivity index (χ0n) is 15.1. The van der Waals surface area contributed by atoms with Crippen molar-refractivity contribution in [3.63, 3.8) is 0 Å². The predicted octanol–water partition coefficient (Wildman–Crippen LogP) is 2.47. The van der Waals surface area contributed by atoms with Gasteiger partial charge in [-0.2, -0.15) is 5.10 Å². The van der Waals surface area contributed by atoms with Gasteiger partial charge in [0.15, 0.2) is 5.69 Å². The van der Waals surface area contributed by atoms with Crippen molar-refractivity contribution in [2.75, 3.05) is 27.2 Å². The fourth-order valence-electron chi connectivity index (χ4n) is 2.61. The zero-order chi connectivity index (χ0) is 18.4. The van der Waals surface area contributed by atoms with Crippen molar-refractivity contribution in [3.05, 3.63) is 78.4 Å². The molecule has 1 amide bonds. The fourth-order valence-corrected chi connectivity index (χ4v) is 2.61. The van der Waals surface area contributed by atoms with E-state index >= 15 is 0 Å². The summed E-state index contributed by atoms with van der Waals surface area (Å²) in [5.74, 6) is -0.0783. The molecule has 0 unspecified atom stereocenters. The highest BCUT2D eigenvalue weighted by atomic mass is 16.2. The second kappa shape index (κ2) is 8.40. The van der Waals surface area contributed by atoms with E-state index in [0.29, 0.717) is 18.8 Å². The Morgan fingerprint density at radius 3 is 2.54 bits per heavy atom. The highest BCUT2D eigenvalue weighted by molar-refractivity contribution is 5.92. The van der Waals surface area contributed by atoms with E-state index in [0.717, 1.165) is 17.8 Å². The van der Waals surface area contributed by atoms with Crippen LogP contribution in [0.15, 0.2) is 67.1 Å². The van der Waals surface area contributed by atoms with Gasteiger partial charge in [-0.3, -0.25) is 9.78 Å². The summed E-state index contributed by atoms with van der Waals surface area (Å²) < 4.78 is 1.72. The zero-order valence-corrected chi connectivity index (χ0v) is 15.1. The highest BCUT2D eigenvalue weighted by Gasteiger charge is 2.19. The lowest BCUT2D eigenvalue weighted by molar-refractivity contribution is 0.0725. The van der Waals surface area contributed by atoms with Gasteiger partial charge in [-0.15, -0.1) is 0 Å². The Balaban J connectivity index is 1.79. The number of pyridine rings is 1. The molecule has 0 aliphatic carbocycles. The molecule has 0 spiro atoms. The molecular formula is C20H23N5O. The Morgan fingerprint density at radius 2 is 1.85 bits per heavy atom. The molecule has 0 aliphatic rings. The first-order valence-electron chi connectivity index (χ1n) is 8.57. The topological polar surface area (TPSA) is 54.3 Å². The van der Waals surface area contributed by atoms with Crippen LogP contribution in [0.25, 0.3) is 5.69 Å². The van der Waals surface area contributed by atoms with Gasteiger partial charge in [-0.25, -0.2) is 4.68 Å². The van der Waals surface area contributed by atoms with Gasteiger partial charge in [0.25, 0.3) is 5.91 Å². The van der Waals surface area contributed by atoms with E-state index in [4.69, 9.17) is 0 Å².